The minimum atomic E-state index is 0.681. The van der Waals surface area contributed by atoms with Gasteiger partial charge >= 0.3 is 0 Å². The van der Waals surface area contributed by atoms with Crippen molar-refractivity contribution in [1.82, 2.24) is 4.90 Å². The van der Waals surface area contributed by atoms with Gasteiger partial charge in [-0.15, -0.1) is 0 Å². The Hall–Kier alpha value is -0.300. The summed E-state index contributed by atoms with van der Waals surface area (Å²) in [7, 11) is 4.21. The van der Waals surface area contributed by atoms with Gasteiger partial charge in [-0.2, -0.15) is 0 Å². The first-order chi connectivity index (χ1) is 4.52. The van der Waals surface area contributed by atoms with Crippen LogP contribution in [0.25, 0.3) is 0 Å². The van der Waals surface area contributed by atoms with Crippen LogP contribution in [0, 0.1) is 5.92 Å². The van der Waals surface area contributed by atoms with Crippen LogP contribution >= 0.6 is 0 Å². The summed E-state index contributed by atoms with van der Waals surface area (Å²) in [4.78, 5) is 2.21. The average molecular weight is 141 g/mol. The van der Waals surface area contributed by atoms with Gasteiger partial charge in [-0.25, -0.2) is 0 Å². The van der Waals surface area contributed by atoms with E-state index in [-0.39, 0.29) is 0 Å². The molecule has 10 heavy (non-hydrogen) atoms. The Balaban J connectivity index is 3.64. The highest BCUT2D eigenvalue weighted by atomic mass is 15.0. The molecule has 0 radical (unpaired) electrons. The van der Waals surface area contributed by atoms with E-state index < -0.39 is 0 Å². The van der Waals surface area contributed by atoms with Gasteiger partial charge in [0.05, 0.1) is 0 Å². The maximum Gasteiger partial charge on any atom is 0.00357 e. The molecule has 0 saturated heterocycles. The standard InChI is InChI=1S/C9H19N/c1-8(2)6-9(3)7-10(4)5/h6,9H,7H2,1-5H3. The topological polar surface area (TPSA) is 3.24 Å². The molecule has 0 heterocycles. The molecule has 0 bridgehead atoms. The first kappa shape index (κ1) is 9.70. The summed E-state index contributed by atoms with van der Waals surface area (Å²) in [6, 6.07) is 0. The third kappa shape index (κ3) is 5.83. The van der Waals surface area contributed by atoms with Crippen LogP contribution in [0.4, 0.5) is 0 Å². The number of hydrogen-bond donors (Lipinski definition) is 0. The first-order valence-corrected chi connectivity index (χ1v) is 3.82. The van der Waals surface area contributed by atoms with E-state index in [9.17, 15) is 0 Å². The molecule has 0 saturated carbocycles. The van der Waals surface area contributed by atoms with E-state index >= 15 is 0 Å². The fourth-order valence-electron chi connectivity index (χ4n) is 1.20. The van der Waals surface area contributed by atoms with E-state index in [2.05, 4.69) is 45.8 Å². The van der Waals surface area contributed by atoms with Crippen molar-refractivity contribution in [3.8, 4) is 0 Å². The zero-order valence-electron chi connectivity index (χ0n) is 7.81. The molecule has 0 N–H and O–H groups in total. The third-order valence-electron chi connectivity index (χ3n) is 1.27. The lowest BCUT2D eigenvalue weighted by Gasteiger charge is -2.13. The molecule has 1 nitrogen and oxygen atoms in total. The fourth-order valence-corrected chi connectivity index (χ4v) is 1.20. The largest absolute Gasteiger partial charge is 0.309 e. The van der Waals surface area contributed by atoms with Gasteiger partial charge in [-0.05, 0) is 33.9 Å². The lowest BCUT2D eigenvalue weighted by molar-refractivity contribution is 0.370. The molecule has 0 aliphatic heterocycles. The second kappa shape index (κ2) is 4.51. The van der Waals surface area contributed by atoms with Crippen molar-refractivity contribution in [2.75, 3.05) is 20.6 Å². The van der Waals surface area contributed by atoms with Crippen LogP contribution in [0.2, 0.25) is 0 Å². The third-order valence-corrected chi connectivity index (χ3v) is 1.27. The van der Waals surface area contributed by atoms with Gasteiger partial charge in [0, 0.05) is 6.54 Å². The molecular weight excluding hydrogens is 122 g/mol. The molecule has 0 spiro atoms. The molecule has 0 aromatic carbocycles. The summed E-state index contributed by atoms with van der Waals surface area (Å²) >= 11 is 0. The van der Waals surface area contributed by atoms with Crippen LogP contribution in [0.15, 0.2) is 11.6 Å². The van der Waals surface area contributed by atoms with Crippen molar-refractivity contribution in [1.29, 1.82) is 0 Å². The van der Waals surface area contributed by atoms with Gasteiger partial charge in [0.15, 0.2) is 0 Å². The van der Waals surface area contributed by atoms with Crippen LogP contribution in [0.5, 0.6) is 0 Å². The van der Waals surface area contributed by atoms with Crippen molar-refractivity contribution < 1.29 is 0 Å². The lowest BCUT2D eigenvalue weighted by atomic mass is 10.1. The van der Waals surface area contributed by atoms with Crippen molar-refractivity contribution in [3.05, 3.63) is 11.6 Å². The Morgan fingerprint density at radius 3 is 2.20 bits per heavy atom. The number of hydrogen-bond acceptors (Lipinski definition) is 1. The fraction of sp³-hybridized carbons (Fsp3) is 0.778. The first-order valence-electron chi connectivity index (χ1n) is 3.82. The number of nitrogens with zero attached hydrogens (tertiary/aromatic N) is 1. The Morgan fingerprint density at radius 1 is 1.40 bits per heavy atom. The van der Waals surface area contributed by atoms with E-state index in [1.165, 1.54) is 5.57 Å². The van der Waals surface area contributed by atoms with Gasteiger partial charge in [-0.1, -0.05) is 18.6 Å². The molecule has 0 aromatic heterocycles. The monoisotopic (exact) mass is 141 g/mol. The minimum absolute atomic E-state index is 0.681. The van der Waals surface area contributed by atoms with Gasteiger partial charge in [-0.3, -0.25) is 0 Å². The Morgan fingerprint density at radius 2 is 1.90 bits per heavy atom. The van der Waals surface area contributed by atoms with Gasteiger partial charge < -0.3 is 4.90 Å². The maximum atomic E-state index is 2.31. The van der Waals surface area contributed by atoms with Crippen molar-refractivity contribution in [2.24, 2.45) is 5.92 Å². The number of rotatable bonds is 3. The molecule has 0 fully saturated rings. The van der Waals surface area contributed by atoms with E-state index in [1.807, 2.05) is 0 Å². The summed E-state index contributed by atoms with van der Waals surface area (Å²) in [5.41, 5.74) is 1.41. The normalized spacial score (nSPS) is 13.4. The van der Waals surface area contributed by atoms with Crippen molar-refractivity contribution in [2.45, 2.75) is 20.8 Å². The van der Waals surface area contributed by atoms with E-state index in [1.54, 1.807) is 0 Å². The van der Waals surface area contributed by atoms with Crippen LogP contribution in [-0.4, -0.2) is 25.5 Å². The average Bonchev–Trinajstić information content (AvgIpc) is 1.58. The second-order valence-electron chi connectivity index (χ2n) is 3.48. The summed E-state index contributed by atoms with van der Waals surface area (Å²) in [6.45, 7) is 7.68. The van der Waals surface area contributed by atoms with E-state index in [0.717, 1.165) is 6.54 Å². The molecule has 1 atom stereocenters. The summed E-state index contributed by atoms with van der Waals surface area (Å²) in [5, 5.41) is 0. The molecule has 1 unspecified atom stereocenters. The molecule has 1 heteroatoms. The number of allylic oxidation sites excluding steroid dienone is 1. The second-order valence-corrected chi connectivity index (χ2v) is 3.48. The summed E-state index contributed by atoms with van der Waals surface area (Å²) < 4.78 is 0. The maximum absolute atomic E-state index is 2.31. The van der Waals surface area contributed by atoms with Gasteiger partial charge in [0.2, 0.25) is 0 Å². The SMILES string of the molecule is CC(C)=CC(C)CN(C)C. The van der Waals surface area contributed by atoms with Gasteiger partial charge in [0.1, 0.15) is 0 Å². The van der Waals surface area contributed by atoms with Crippen molar-refractivity contribution in [3.63, 3.8) is 0 Å². The van der Waals surface area contributed by atoms with Crippen LogP contribution in [0.3, 0.4) is 0 Å². The smallest absolute Gasteiger partial charge is 0.00357 e. The highest BCUT2D eigenvalue weighted by Gasteiger charge is 1.97. The van der Waals surface area contributed by atoms with Gasteiger partial charge in [0.25, 0.3) is 0 Å². The summed E-state index contributed by atoms with van der Waals surface area (Å²) in [6.07, 6.45) is 2.31. The van der Waals surface area contributed by atoms with Crippen LogP contribution in [-0.2, 0) is 0 Å². The molecular formula is C9H19N. The highest BCUT2D eigenvalue weighted by Crippen LogP contribution is 2.02. The molecule has 0 amide bonds. The lowest BCUT2D eigenvalue weighted by Crippen LogP contribution is -2.18. The van der Waals surface area contributed by atoms with Crippen LogP contribution in [0.1, 0.15) is 20.8 Å². The zero-order chi connectivity index (χ0) is 8.15. The Labute approximate surface area is 64.7 Å². The van der Waals surface area contributed by atoms with E-state index in [0.29, 0.717) is 5.92 Å². The Bertz CT molecular complexity index is 110. The molecule has 0 aliphatic carbocycles. The highest BCUT2D eigenvalue weighted by molar-refractivity contribution is 4.96. The molecule has 60 valence electrons. The molecule has 0 aromatic rings. The van der Waals surface area contributed by atoms with Crippen molar-refractivity contribution >= 4 is 0 Å². The molecule has 0 aliphatic rings. The molecule has 0 rings (SSSR count). The summed E-state index contributed by atoms with van der Waals surface area (Å²) in [5.74, 6) is 0.681. The predicted molar refractivity (Wildman–Crippen MR) is 47.1 cm³/mol. The zero-order valence-corrected chi connectivity index (χ0v) is 7.81. The minimum Gasteiger partial charge on any atom is -0.309 e. The van der Waals surface area contributed by atoms with Crippen LogP contribution < -0.4 is 0 Å². The van der Waals surface area contributed by atoms with E-state index in [4.69, 9.17) is 0 Å². The quantitative estimate of drug-likeness (QED) is 0.544. The Kier molecular flexibility index (Phi) is 4.37. The predicted octanol–water partition coefficient (Wildman–Crippen LogP) is 2.15.